The fourth-order valence-electron chi connectivity index (χ4n) is 0.322. The lowest BCUT2D eigenvalue weighted by molar-refractivity contribution is 0.418. The number of hydrogen-bond donors (Lipinski definition) is 2. The molecule has 0 saturated heterocycles. The van der Waals surface area contributed by atoms with Crippen LogP contribution in [0.15, 0.2) is 24.0 Å². The van der Waals surface area contributed by atoms with Crippen molar-refractivity contribution in [2.24, 2.45) is 0 Å². The van der Waals surface area contributed by atoms with Crippen LogP contribution >= 0.6 is 0 Å². The maximum absolute atomic E-state index is 11.8. The lowest BCUT2D eigenvalue weighted by Gasteiger charge is -1.94. The van der Waals surface area contributed by atoms with Gasteiger partial charge in [-0.05, 0) is 18.5 Å². The lowest BCUT2D eigenvalue weighted by Crippen LogP contribution is -2.12. The van der Waals surface area contributed by atoms with Crippen LogP contribution in [0.1, 0.15) is 20.8 Å². The third kappa shape index (κ3) is 9.39. The van der Waals surface area contributed by atoms with Crippen molar-refractivity contribution in [2.75, 3.05) is 0 Å². The Kier molecular flexibility index (Phi) is 8.88. The van der Waals surface area contributed by atoms with Crippen molar-refractivity contribution in [2.45, 2.75) is 20.8 Å². The monoisotopic (exact) mass is 160 g/mol. The molecule has 0 atom stereocenters. The molecule has 0 aliphatic carbocycles. The van der Waals surface area contributed by atoms with E-state index < -0.39 is 12.9 Å². The molecule has 0 amide bonds. The van der Waals surface area contributed by atoms with Crippen LogP contribution in [0.4, 0.5) is 4.39 Å². The zero-order chi connectivity index (χ0) is 9.44. The summed E-state index contributed by atoms with van der Waals surface area (Å²) >= 11 is 0. The second-order valence-corrected chi connectivity index (χ2v) is 1.71. The molecule has 11 heavy (non-hydrogen) atoms. The first kappa shape index (κ1) is 13.0. The Morgan fingerprint density at radius 2 is 1.82 bits per heavy atom. The molecular weight excluding hydrogens is 146 g/mol. The van der Waals surface area contributed by atoms with Gasteiger partial charge in [0.2, 0.25) is 0 Å². The van der Waals surface area contributed by atoms with Crippen LogP contribution in [0.5, 0.6) is 0 Å². The van der Waals surface area contributed by atoms with Gasteiger partial charge in [0, 0.05) is 0 Å². The number of rotatable bonds is 2. The molecule has 0 bridgehead atoms. The Labute approximate surface area is 67.2 Å². The predicted octanol–water partition coefficient (Wildman–Crippen LogP) is 1.45. The molecule has 0 fully saturated rings. The summed E-state index contributed by atoms with van der Waals surface area (Å²) in [5.74, 6) is -0.680. The second kappa shape index (κ2) is 7.50. The molecule has 0 aromatic heterocycles. The summed E-state index contributed by atoms with van der Waals surface area (Å²) in [7, 11) is -1.59. The minimum atomic E-state index is -1.59. The van der Waals surface area contributed by atoms with Crippen LogP contribution in [-0.2, 0) is 0 Å². The van der Waals surface area contributed by atoms with Gasteiger partial charge in [-0.3, -0.25) is 0 Å². The zero-order valence-electron chi connectivity index (χ0n) is 7.13. The molecule has 0 unspecified atom stereocenters. The fraction of sp³-hybridized carbons (Fsp3) is 0.429. The standard InChI is InChI=1S/C5H8BFO2.C2H6/c1-4(6(8)9)3-5(2)7;1-2/h3,8-9H,2H2,1H3;1-2H3/b4-3+;. The van der Waals surface area contributed by atoms with Crippen LogP contribution in [0.25, 0.3) is 0 Å². The van der Waals surface area contributed by atoms with Gasteiger partial charge in [0.25, 0.3) is 0 Å². The summed E-state index contributed by atoms with van der Waals surface area (Å²) in [5.41, 5.74) is 0.141. The molecule has 64 valence electrons. The fourth-order valence-corrected chi connectivity index (χ4v) is 0.322. The average Bonchev–Trinajstić information content (AvgIpc) is 1.90. The quantitative estimate of drug-likeness (QED) is 0.474. The summed E-state index contributed by atoms with van der Waals surface area (Å²) in [4.78, 5) is 0. The summed E-state index contributed by atoms with van der Waals surface area (Å²) < 4.78 is 11.8. The minimum Gasteiger partial charge on any atom is -0.423 e. The number of halogens is 1. The van der Waals surface area contributed by atoms with Crippen LogP contribution in [0.3, 0.4) is 0 Å². The van der Waals surface area contributed by atoms with Gasteiger partial charge in [-0.2, -0.15) is 0 Å². The summed E-state index contributed by atoms with van der Waals surface area (Å²) in [5, 5.41) is 16.7. The van der Waals surface area contributed by atoms with Crippen molar-refractivity contribution in [3.63, 3.8) is 0 Å². The van der Waals surface area contributed by atoms with Gasteiger partial charge in [0.15, 0.2) is 0 Å². The Morgan fingerprint density at radius 1 is 1.45 bits per heavy atom. The molecule has 0 saturated carbocycles. The Balaban J connectivity index is 0. The minimum absolute atomic E-state index is 0.141. The Bertz CT molecular complexity index is 143. The van der Waals surface area contributed by atoms with Gasteiger partial charge >= 0.3 is 7.12 Å². The normalized spacial score (nSPS) is 9.82. The number of allylic oxidation sites excluding steroid dienone is 3. The zero-order valence-corrected chi connectivity index (χ0v) is 7.13. The van der Waals surface area contributed by atoms with Crippen molar-refractivity contribution in [3.05, 3.63) is 24.0 Å². The highest BCUT2D eigenvalue weighted by atomic mass is 19.1. The molecule has 0 spiro atoms. The van der Waals surface area contributed by atoms with E-state index in [1.54, 1.807) is 0 Å². The van der Waals surface area contributed by atoms with Crippen LogP contribution in [0.2, 0.25) is 0 Å². The lowest BCUT2D eigenvalue weighted by atomic mass is 9.80. The molecule has 0 aliphatic rings. The van der Waals surface area contributed by atoms with E-state index in [1.165, 1.54) is 6.92 Å². The largest absolute Gasteiger partial charge is 0.483 e. The van der Waals surface area contributed by atoms with E-state index in [0.29, 0.717) is 0 Å². The van der Waals surface area contributed by atoms with Crippen LogP contribution < -0.4 is 0 Å². The van der Waals surface area contributed by atoms with E-state index in [1.807, 2.05) is 13.8 Å². The third-order valence-corrected chi connectivity index (χ3v) is 0.792. The smallest absolute Gasteiger partial charge is 0.423 e. The maximum atomic E-state index is 11.8. The van der Waals surface area contributed by atoms with Crippen LogP contribution in [0, 0.1) is 0 Å². The van der Waals surface area contributed by atoms with E-state index in [-0.39, 0.29) is 5.47 Å². The van der Waals surface area contributed by atoms with Gasteiger partial charge in [-0.15, -0.1) is 0 Å². The molecule has 0 aromatic carbocycles. The molecule has 4 heteroatoms. The molecule has 0 heterocycles. The summed E-state index contributed by atoms with van der Waals surface area (Å²) in [6, 6.07) is 0. The van der Waals surface area contributed by atoms with Gasteiger partial charge in [0.05, 0.1) is 0 Å². The topological polar surface area (TPSA) is 40.5 Å². The molecule has 0 aromatic rings. The van der Waals surface area contributed by atoms with E-state index in [9.17, 15) is 4.39 Å². The molecule has 0 radical (unpaired) electrons. The molecule has 2 nitrogen and oxygen atoms in total. The van der Waals surface area contributed by atoms with Crippen molar-refractivity contribution >= 4 is 7.12 Å². The van der Waals surface area contributed by atoms with E-state index in [4.69, 9.17) is 10.0 Å². The average molecular weight is 160 g/mol. The third-order valence-electron chi connectivity index (χ3n) is 0.792. The van der Waals surface area contributed by atoms with E-state index in [0.717, 1.165) is 6.08 Å². The molecule has 0 rings (SSSR count). The van der Waals surface area contributed by atoms with Gasteiger partial charge in [-0.1, -0.05) is 20.4 Å². The van der Waals surface area contributed by atoms with Gasteiger partial charge < -0.3 is 10.0 Å². The van der Waals surface area contributed by atoms with E-state index in [2.05, 4.69) is 6.58 Å². The van der Waals surface area contributed by atoms with Gasteiger partial charge in [-0.25, -0.2) is 4.39 Å². The summed E-state index contributed by atoms with van der Waals surface area (Å²) in [6.45, 7) is 8.31. The predicted molar refractivity (Wildman–Crippen MR) is 45.5 cm³/mol. The first-order valence-corrected chi connectivity index (χ1v) is 3.42. The highest BCUT2D eigenvalue weighted by Gasteiger charge is 2.08. The molecule has 2 N–H and O–H groups in total. The maximum Gasteiger partial charge on any atom is 0.483 e. The second-order valence-electron chi connectivity index (χ2n) is 1.71. The highest BCUT2D eigenvalue weighted by molar-refractivity contribution is 6.50. The SMILES string of the molecule is C=C(F)/C=C(\C)B(O)O.CC. The first-order chi connectivity index (χ1) is 5.04. The molecule has 0 aliphatic heterocycles. The van der Waals surface area contributed by atoms with Crippen molar-refractivity contribution in [3.8, 4) is 0 Å². The van der Waals surface area contributed by atoms with Crippen molar-refractivity contribution in [1.82, 2.24) is 0 Å². The van der Waals surface area contributed by atoms with E-state index >= 15 is 0 Å². The first-order valence-electron chi connectivity index (χ1n) is 3.42. The highest BCUT2D eigenvalue weighted by Crippen LogP contribution is 2.00. The summed E-state index contributed by atoms with van der Waals surface area (Å²) in [6.07, 6.45) is 0.963. The van der Waals surface area contributed by atoms with Crippen LogP contribution in [-0.4, -0.2) is 17.2 Å². The van der Waals surface area contributed by atoms with Crippen molar-refractivity contribution < 1.29 is 14.4 Å². The Hall–Kier alpha value is -0.605. The molecular formula is C7H14BFO2. The Morgan fingerprint density at radius 3 is 1.91 bits per heavy atom. The van der Waals surface area contributed by atoms with Crippen molar-refractivity contribution in [1.29, 1.82) is 0 Å². The van der Waals surface area contributed by atoms with Gasteiger partial charge in [0.1, 0.15) is 5.83 Å². The number of hydrogen-bond acceptors (Lipinski definition) is 2.